The Morgan fingerprint density at radius 3 is 2.46 bits per heavy atom. The van der Waals surface area contributed by atoms with Gasteiger partial charge in [-0.3, -0.25) is 9.59 Å². The van der Waals surface area contributed by atoms with Gasteiger partial charge in [0.1, 0.15) is 0 Å². The first-order valence-corrected chi connectivity index (χ1v) is 7.85. The minimum absolute atomic E-state index is 0.219. The van der Waals surface area contributed by atoms with Crippen LogP contribution in [0.5, 0.6) is 0 Å². The van der Waals surface area contributed by atoms with Crippen molar-refractivity contribution in [1.82, 2.24) is 10.7 Å². The summed E-state index contributed by atoms with van der Waals surface area (Å²) in [4.78, 5) is 23.8. The number of halogens is 2. The first-order valence-electron chi connectivity index (χ1n) is 7.09. The second kappa shape index (κ2) is 8.47. The average Bonchev–Trinajstić information content (AvgIpc) is 2.58. The van der Waals surface area contributed by atoms with Crippen molar-refractivity contribution >= 4 is 40.7 Å². The van der Waals surface area contributed by atoms with E-state index in [4.69, 9.17) is 23.2 Å². The van der Waals surface area contributed by atoms with Crippen molar-refractivity contribution in [3.05, 3.63) is 69.7 Å². The van der Waals surface area contributed by atoms with E-state index in [0.717, 1.165) is 5.56 Å². The predicted octanol–water partition coefficient (Wildman–Crippen LogP) is 3.26. The van der Waals surface area contributed by atoms with Crippen LogP contribution in [0.3, 0.4) is 0 Å². The maximum absolute atomic E-state index is 12.0. The topological polar surface area (TPSA) is 70.6 Å². The van der Waals surface area contributed by atoms with Gasteiger partial charge >= 0.3 is 0 Å². The van der Waals surface area contributed by atoms with Gasteiger partial charge in [-0.1, -0.05) is 53.5 Å². The zero-order valence-corrected chi connectivity index (χ0v) is 14.4. The molecule has 0 heterocycles. The summed E-state index contributed by atoms with van der Waals surface area (Å²) in [6.07, 6.45) is 0. The van der Waals surface area contributed by atoms with Crippen LogP contribution in [0.2, 0.25) is 10.0 Å². The van der Waals surface area contributed by atoms with E-state index in [-0.39, 0.29) is 17.1 Å². The van der Waals surface area contributed by atoms with Crippen molar-refractivity contribution in [3.8, 4) is 0 Å². The van der Waals surface area contributed by atoms with Crippen molar-refractivity contribution < 1.29 is 9.59 Å². The van der Waals surface area contributed by atoms with Gasteiger partial charge in [0.2, 0.25) is 0 Å². The lowest BCUT2D eigenvalue weighted by atomic mass is 10.1. The highest BCUT2D eigenvalue weighted by Crippen LogP contribution is 2.20. The van der Waals surface area contributed by atoms with Crippen LogP contribution in [0.15, 0.2) is 53.6 Å². The molecule has 0 saturated carbocycles. The summed E-state index contributed by atoms with van der Waals surface area (Å²) >= 11 is 11.7. The zero-order valence-electron chi connectivity index (χ0n) is 12.8. The first-order chi connectivity index (χ1) is 11.5. The molecule has 0 aliphatic carbocycles. The van der Waals surface area contributed by atoms with E-state index in [0.29, 0.717) is 10.7 Å². The second-order valence-corrected chi connectivity index (χ2v) is 5.75. The Hall–Kier alpha value is -2.37. The number of benzene rings is 2. The molecule has 2 N–H and O–H groups in total. The highest BCUT2D eigenvalue weighted by molar-refractivity contribution is 6.36. The van der Waals surface area contributed by atoms with Gasteiger partial charge in [0.15, 0.2) is 0 Å². The molecule has 2 aromatic rings. The fourth-order valence-electron chi connectivity index (χ4n) is 1.86. The van der Waals surface area contributed by atoms with Gasteiger partial charge < -0.3 is 5.32 Å². The summed E-state index contributed by atoms with van der Waals surface area (Å²) in [5, 5.41) is 7.12. The van der Waals surface area contributed by atoms with Crippen molar-refractivity contribution in [2.24, 2.45) is 5.10 Å². The van der Waals surface area contributed by atoms with Gasteiger partial charge in [0.05, 0.1) is 22.8 Å². The SMILES string of the molecule is C/C(=N/NC(=O)CNC(=O)c1ccc(Cl)cc1Cl)c1ccccc1. The summed E-state index contributed by atoms with van der Waals surface area (Å²) in [7, 11) is 0. The van der Waals surface area contributed by atoms with Crippen molar-refractivity contribution in [2.45, 2.75) is 6.92 Å². The molecule has 2 rings (SSSR count). The molecule has 0 aliphatic rings. The van der Waals surface area contributed by atoms with Crippen molar-refractivity contribution in [1.29, 1.82) is 0 Å². The van der Waals surface area contributed by atoms with Crippen LogP contribution in [0.1, 0.15) is 22.8 Å². The van der Waals surface area contributed by atoms with Crippen LogP contribution in [0, 0.1) is 0 Å². The van der Waals surface area contributed by atoms with Crippen LogP contribution in [0.4, 0.5) is 0 Å². The van der Waals surface area contributed by atoms with E-state index in [2.05, 4.69) is 15.8 Å². The standard InChI is InChI=1S/C17H15Cl2N3O2/c1-11(12-5-3-2-4-6-12)21-22-16(23)10-20-17(24)14-8-7-13(18)9-15(14)19/h2-9H,10H2,1H3,(H,20,24)(H,22,23)/b21-11-. The lowest BCUT2D eigenvalue weighted by molar-refractivity contribution is -0.120. The summed E-state index contributed by atoms with van der Waals surface area (Å²) in [6.45, 7) is 1.56. The normalized spacial score (nSPS) is 11.0. The van der Waals surface area contributed by atoms with Gasteiger partial charge in [-0.25, -0.2) is 5.43 Å². The molecule has 2 amide bonds. The van der Waals surface area contributed by atoms with E-state index >= 15 is 0 Å². The Balaban J connectivity index is 1.88. The number of nitrogens with zero attached hydrogens (tertiary/aromatic N) is 1. The van der Waals surface area contributed by atoms with Crippen LogP contribution in [0.25, 0.3) is 0 Å². The molecule has 7 heteroatoms. The Morgan fingerprint density at radius 1 is 1.08 bits per heavy atom. The number of rotatable bonds is 5. The monoisotopic (exact) mass is 363 g/mol. The highest BCUT2D eigenvalue weighted by Gasteiger charge is 2.11. The zero-order chi connectivity index (χ0) is 17.5. The number of amides is 2. The molecule has 2 aromatic carbocycles. The number of carbonyl (C=O) groups excluding carboxylic acids is 2. The number of nitrogens with one attached hydrogen (secondary N) is 2. The van der Waals surface area contributed by atoms with Gasteiger partial charge in [-0.2, -0.15) is 5.10 Å². The molecule has 0 saturated heterocycles. The first kappa shape index (κ1) is 18.0. The average molecular weight is 364 g/mol. The Labute approximate surface area is 149 Å². The fourth-order valence-corrected chi connectivity index (χ4v) is 2.35. The van der Waals surface area contributed by atoms with E-state index in [1.165, 1.54) is 12.1 Å². The third kappa shape index (κ3) is 5.08. The fraction of sp³-hybridized carbons (Fsp3) is 0.118. The summed E-state index contributed by atoms with van der Waals surface area (Å²) in [5.74, 6) is -0.903. The number of hydrogen-bond acceptors (Lipinski definition) is 3. The quantitative estimate of drug-likeness (QED) is 0.632. The molecule has 0 bridgehead atoms. The molecule has 0 radical (unpaired) electrons. The molecular formula is C17H15Cl2N3O2. The summed E-state index contributed by atoms with van der Waals surface area (Å²) < 4.78 is 0. The maximum Gasteiger partial charge on any atom is 0.259 e. The molecule has 0 atom stereocenters. The molecule has 0 fully saturated rings. The number of hydrogen-bond donors (Lipinski definition) is 2. The van der Waals surface area contributed by atoms with Crippen LogP contribution in [-0.4, -0.2) is 24.1 Å². The predicted molar refractivity (Wildman–Crippen MR) is 95.6 cm³/mol. The molecule has 124 valence electrons. The lowest BCUT2D eigenvalue weighted by Gasteiger charge is -2.07. The molecule has 0 unspecified atom stereocenters. The maximum atomic E-state index is 12.0. The second-order valence-electron chi connectivity index (χ2n) is 4.91. The van der Waals surface area contributed by atoms with E-state index < -0.39 is 11.8 Å². The molecule has 0 aliphatic heterocycles. The Morgan fingerprint density at radius 2 is 1.79 bits per heavy atom. The van der Waals surface area contributed by atoms with Crippen LogP contribution in [-0.2, 0) is 4.79 Å². The minimum atomic E-state index is -0.462. The lowest BCUT2D eigenvalue weighted by Crippen LogP contribution is -2.35. The highest BCUT2D eigenvalue weighted by atomic mass is 35.5. The largest absolute Gasteiger partial charge is 0.343 e. The third-order valence-electron chi connectivity index (χ3n) is 3.13. The van der Waals surface area contributed by atoms with Crippen LogP contribution < -0.4 is 10.7 Å². The van der Waals surface area contributed by atoms with Gasteiger partial charge in [-0.15, -0.1) is 0 Å². The van der Waals surface area contributed by atoms with Gasteiger partial charge in [0, 0.05) is 5.02 Å². The Bertz CT molecular complexity index is 777. The molecule has 0 aromatic heterocycles. The molecular weight excluding hydrogens is 349 g/mol. The molecule has 0 spiro atoms. The van der Waals surface area contributed by atoms with Crippen LogP contribution >= 0.6 is 23.2 Å². The minimum Gasteiger partial charge on any atom is -0.343 e. The van der Waals surface area contributed by atoms with E-state index in [1.807, 2.05) is 30.3 Å². The molecule has 24 heavy (non-hydrogen) atoms. The smallest absolute Gasteiger partial charge is 0.259 e. The van der Waals surface area contributed by atoms with E-state index in [1.54, 1.807) is 13.0 Å². The Kier molecular flexibility index (Phi) is 6.35. The van der Waals surface area contributed by atoms with Crippen molar-refractivity contribution in [3.63, 3.8) is 0 Å². The summed E-state index contributed by atoms with van der Waals surface area (Å²) in [6, 6.07) is 13.9. The van der Waals surface area contributed by atoms with Crippen molar-refractivity contribution in [2.75, 3.05) is 6.54 Å². The van der Waals surface area contributed by atoms with Gasteiger partial charge in [-0.05, 0) is 30.7 Å². The third-order valence-corrected chi connectivity index (χ3v) is 3.67. The summed E-state index contributed by atoms with van der Waals surface area (Å²) in [5.41, 5.74) is 4.20. The molecule has 5 nitrogen and oxygen atoms in total. The van der Waals surface area contributed by atoms with Gasteiger partial charge in [0.25, 0.3) is 11.8 Å². The number of hydrazone groups is 1. The number of carbonyl (C=O) groups is 2. The van der Waals surface area contributed by atoms with E-state index in [9.17, 15) is 9.59 Å².